The summed E-state index contributed by atoms with van der Waals surface area (Å²) in [6, 6.07) is 38.4. The van der Waals surface area contributed by atoms with Crippen molar-refractivity contribution in [3.63, 3.8) is 0 Å². The molecule has 0 saturated carbocycles. The van der Waals surface area contributed by atoms with Gasteiger partial charge < -0.3 is 8.98 Å². The molecule has 12 rings (SSSR count). The lowest BCUT2D eigenvalue weighted by molar-refractivity contribution is 0.669. The first-order chi connectivity index (χ1) is 35.7. The highest BCUT2D eigenvalue weighted by molar-refractivity contribution is 6.11. The van der Waals surface area contributed by atoms with Crippen molar-refractivity contribution >= 4 is 43.7 Å². The van der Waals surface area contributed by atoms with Gasteiger partial charge in [-0.15, -0.1) is 0 Å². The van der Waals surface area contributed by atoms with Gasteiger partial charge in [-0.1, -0.05) is 170 Å². The summed E-state index contributed by atoms with van der Waals surface area (Å²) in [6.07, 6.45) is 0. The Morgan fingerprint density at radius 1 is 0.371 bits per heavy atom. The number of aromatic nitrogens is 4. The molecule has 5 heteroatoms. The standard InChI is InChI=1S/C57H36N4O/c1-4-14-37(15-5-1)39-24-26-41(27-25-39)56-58-55(40-18-8-3-9-19-40)59-57(60-56)49-35-43(44-28-31-47-46-21-11-13-23-53(46)62-54(47)36-44)30-33-52(49)61-50-22-12-10-20-45(50)48-34-42(29-32-51(48)61)38-16-6-2-7-17-38/h1-36H/i2D,6D,7D,10D,12D,16D,17D,20D,22D,29D,32D,34D. The minimum Gasteiger partial charge on any atom is -0.456 e. The topological polar surface area (TPSA) is 56.7 Å². The molecule has 0 bridgehead atoms. The minimum absolute atomic E-state index is 0.137. The van der Waals surface area contributed by atoms with Crippen LogP contribution in [0.3, 0.4) is 0 Å². The van der Waals surface area contributed by atoms with E-state index in [-0.39, 0.29) is 33.3 Å². The smallest absolute Gasteiger partial charge is 0.166 e. The van der Waals surface area contributed by atoms with Crippen molar-refractivity contribution in [1.29, 1.82) is 0 Å². The highest BCUT2D eigenvalue weighted by Crippen LogP contribution is 2.40. The van der Waals surface area contributed by atoms with Crippen molar-refractivity contribution in [3.05, 3.63) is 218 Å². The van der Waals surface area contributed by atoms with Gasteiger partial charge in [-0.05, 0) is 81.8 Å². The summed E-state index contributed by atoms with van der Waals surface area (Å²) in [6.45, 7) is 0. The average Bonchev–Trinajstić information content (AvgIpc) is 4.02. The van der Waals surface area contributed by atoms with Crippen LogP contribution in [0, 0.1) is 0 Å². The van der Waals surface area contributed by atoms with E-state index in [0.29, 0.717) is 39.5 Å². The Kier molecular flexibility index (Phi) is 5.99. The molecule has 12 aromatic rings. The Balaban J connectivity index is 1.19. The Hall–Kier alpha value is -8.41. The van der Waals surface area contributed by atoms with Crippen LogP contribution in [0.1, 0.15) is 16.4 Å². The third-order valence-corrected chi connectivity index (χ3v) is 11.0. The first-order valence-corrected chi connectivity index (χ1v) is 19.9. The first-order valence-electron chi connectivity index (χ1n) is 25.9. The number of hydrogen-bond donors (Lipinski definition) is 0. The summed E-state index contributed by atoms with van der Waals surface area (Å²) in [7, 11) is 0. The number of benzene rings is 9. The van der Waals surface area contributed by atoms with E-state index >= 15 is 0 Å². The molecule has 0 aliphatic heterocycles. The maximum Gasteiger partial charge on any atom is 0.166 e. The van der Waals surface area contributed by atoms with Crippen LogP contribution in [0.4, 0.5) is 0 Å². The second-order valence-electron chi connectivity index (χ2n) is 14.7. The Bertz CT molecular complexity index is 4300. The Morgan fingerprint density at radius 3 is 1.76 bits per heavy atom. The van der Waals surface area contributed by atoms with Crippen LogP contribution < -0.4 is 0 Å². The van der Waals surface area contributed by atoms with Crippen LogP contribution in [0.5, 0.6) is 0 Å². The van der Waals surface area contributed by atoms with Crippen LogP contribution in [0.15, 0.2) is 223 Å². The fourth-order valence-corrected chi connectivity index (χ4v) is 8.03. The van der Waals surface area contributed by atoms with Gasteiger partial charge in [0.25, 0.3) is 0 Å². The second-order valence-corrected chi connectivity index (χ2v) is 14.7. The van der Waals surface area contributed by atoms with Crippen molar-refractivity contribution in [3.8, 4) is 73.2 Å². The van der Waals surface area contributed by atoms with Gasteiger partial charge in [-0.25, -0.2) is 15.0 Å². The molecule has 290 valence electrons. The van der Waals surface area contributed by atoms with Crippen LogP contribution in [-0.2, 0) is 0 Å². The highest BCUT2D eigenvalue weighted by Gasteiger charge is 2.21. The fourth-order valence-electron chi connectivity index (χ4n) is 8.03. The summed E-state index contributed by atoms with van der Waals surface area (Å²) >= 11 is 0. The van der Waals surface area contributed by atoms with E-state index in [1.807, 2.05) is 140 Å². The Morgan fingerprint density at radius 2 is 0.952 bits per heavy atom. The van der Waals surface area contributed by atoms with Crippen molar-refractivity contribution < 1.29 is 20.9 Å². The number of hydrogen-bond acceptors (Lipinski definition) is 4. The summed E-state index contributed by atoms with van der Waals surface area (Å²) < 4.78 is 116. The summed E-state index contributed by atoms with van der Waals surface area (Å²) in [4.78, 5) is 15.3. The van der Waals surface area contributed by atoms with Crippen molar-refractivity contribution in [2.75, 3.05) is 0 Å². The van der Waals surface area contributed by atoms with E-state index in [0.717, 1.165) is 33.0 Å². The van der Waals surface area contributed by atoms with E-state index < -0.39 is 83.6 Å². The predicted octanol–water partition coefficient (Wildman–Crippen LogP) is 14.9. The van der Waals surface area contributed by atoms with Gasteiger partial charge in [0, 0.05) is 38.2 Å². The van der Waals surface area contributed by atoms with E-state index in [1.165, 1.54) is 4.57 Å². The summed E-state index contributed by atoms with van der Waals surface area (Å²) in [5, 5.41) is 1.49. The van der Waals surface area contributed by atoms with Gasteiger partial charge in [0.15, 0.2) is 17.5 Å². The summed E-state index contributed by atoms with van der Waals surface area (Å²) in [5.41, 5.74) is 5.37. The number of rotatable bonds is 7. The van der Waals surface area contributed by atoms with Crippen LogP contribution in [-0.4, -0.2) is 19.5 Å². The zero-order valence-corrected chi connectivity index (χ0v) is 32.6. The van der Waals surface area contributed by atoms with Gasteiger partial charge >= 0.3 is 0 Å². The number of para-hydroxylation sites is 2. The van der Waals surface area contributed by atoms with E-state index in [1.54, 1.807) is 6.07 Å². The monoisotopic (exact) mass is 804 g/mol. The van der Waals surface area contributed by atoms with Gasteiger partial charge in [0.1, 0.15) is 11.2 Å². The lowest BCUT2D eigenvalue weighted by Crippen LogP contribution is -2.04. The highest BCUT2D eigenvalue weighted by atomic mass is 16.3. The number of nitrogens with zero attached hydrogens (tertiary/aromatic N) is 4. The zero-order valence-electron chi connectivity index (χ0n) is 44.6. The van der Waals surface area contributed by atoms with Crippen molar-refractivity contribution in [2.45, 2.75) is 0 Å². The largest absolute Gasteiger partial charge is 0.456 e. The minimum atomic E-state index is -0.710. The third kappa shape index (κ3) is 6.14. The molecule has 0 radical (unpaired) electrons. The van der Waals surface area contributed by atoms with Crippen molar-refractivity contribution in [1.82, 2.24) is 19.5 Å². The third-order valence-electron chi connectivity index (χ3n) is 11.0. The molecule has 3 heterocycles. The molecule has 0 atom stereocenters. The molecule has 3 aromatic heterocycles. The zero-order chi connectivity index (χ0) is 51.4. The maximum atomic E-state index is 9.79. The molecule has 0 fully saturated rings. The molecular formula is C57H36N4O. The predicted molar refractivity (Wildman–Crippen MR) is 254 cm³/mol. The van der Waals surface area contributed by atoms with Gasteiger partial charge in [0.05, 0.1) is 33.2 Å². The molecule has 5 nitrogen and oxygen atoms in total. The van der Waals surface area contributed by atoms with Gasteiger partial charge in [-0.2, -0.15) is 0 Å². The normalized spacial score (nSPS) is 14.3. The molecule has 0 aliphatic carbocycles. The molecule has 0 unspecified atom stereocenters. The second kappa shape index (κ2) is 14.7. The van der Waals surface area contributed by atoms with E-state index in [4.69, 9.17) is 29.0 Å². The molecule has 62 heavy (non-hydrogen) atoms. The molecule has 0 aliphatic rings. The summed E-state index contributed by atoms with van der Waals surface area (Å²) in [5.74, 6) is 0.759. The van der Waals surface area contributed by atoms with E-state index in [9.17, 15) is 6.85 Å². The fraction of sp³-hybridized carbons (Fsp3) is 0. The molecule has 0 spiro atoms. The average molecular weight is 805 g/mol. The van der Waals surface area contributed by atoms with Crippen molar-refractivity contribution in [2.24, 2.45) is 0 Å². The van der Waals surface area contributed by atoms with Gasteiger partial charge in [0.2, 0.25) is 0 Å². The van der Waals surface area contributed by atoms with E-state index in [2.05, 4.69) is 0 Å². The lowest BCUT2D eigenvalue weighted by Gasteiger charge is -2.16. The molecular weight excluding hydrogens is 757 g/mol. The van der Waals surface area contributed by atoms with Gasteiger partial charge in [-0.3, -0.25) is 0 Å². The number of fused-ring (bicyclic) bond motifs is 6. The lowest BCUT2D eigenvalue weighted by atomic mass is 9.99. The van der Waals surface area contributed by atoms with Crippen LogP contribution in [0.25, 0.3) is 117 Å². The molecule has 9 aromatic carbocycles. The molecule has 0 amide bonds. The quantitative estimate of drug-likeness (QED) is 0.161. The SMILES string of the molecule is [2H]c1c([2H])c([2H])c(-c2c([2H])c([2H])c3c(c2[2H])c2c([2H])c([2H])c([2H])c([2H])c2n3-c2ccc(-c3ccc4c(c3)oc3ccccc34)cc2-c2nc(-c3ccccc3)nc(-c3ccc(-c4ccccc4)cc3)n2)c([2H])c1[2H]. The van der Waals surface area contributed by atoms with Crippen LogP contribution >= 0.6 is 0 Å². The maximum absolute atomic E-state index is 9.79. The number of furan rings is 1. The Labute approximate surface area is 374 Å². The van der Waals surface area contributed by atoms with Crippen LogP contribution in [0.2, 0.25) is 0 Å². The molecule has 0 saturated heterocycles. The first kappa shape index (κ1) is 25.3. The molecule has 0 N–H and O–H groups in total.